The molecule has 1 aliphatic heterocycles. The molecule has 4 atom stereocenters. The van der Waals surface area contributed by atoms with Crippen molar-refractivity contribution < 1.29 is 39.5 Å². The molecule has 0 amide bonds. The van der Waals surface area contributed by atoms with Gasteiger partial charge in [0.2, 0.25) is 5.56 Å². The first-order chi connectivity index (χ1) is 17.5. The number of aliphatic hydroxyl groups excluding tert-OH is 2. The molecule has 2 heterocycles. The number of fused-ring (bicyclic) bond motifs is 3. The van der Waals surface area contributed by atoms with Crippen molar-refractivity contribution in [1.29, 1.82) is 0 Å². The van der Waals surface area contributed by atoms with Gasteiger partial charge in [-0.1, -0.05) is 0 Å². The molecule has 0 radical (unpaired) electrons. The molecule has 37 heavy (non-hydrogen) atoms. The van der Waals surface area contributed by atoms with E-state index in [0.29, 0.717) is 24.5 Å². The lowest BCUT2D eigenvalue weighted by Crippen LogP contribution is -2.34. The Morgan fingerprint density at radius 3 is 2.49 bits per heavy atom. The lowest BCUT2D eigenvalue weighted by Gasteiger charge is -2.37. The fraction of sp³-hybridized carbons (Fsp3) is 0.462. The average Bonchev–Trinajstić information content (AvgIpc) is 2.85. The maximum atomic E-state index is 11.8. The van der Waals surface area contributed by atoms with Crippen LogP contribution in [0.5, 0.6) is 11.5 Å². The summed E-state index contributed by atoms with van der Waals surface area (Å²) >= 11 is 0. The molecule has 0 saturated heterocycles. The number of ether oxygens (including phenoxy) is 2. The van der Waals surface area contributed by atoms with Crippen molar-refractivity contribution >= 4 is 17.7 Å². The number of aryl methyl sites for hydroxylation is 1. The number of hydrogen-bond acceptors (Lipinski definition) is 8. The van der Waals surface area contributed by atoms with E-state index in [4.69, 9.17) is 29.8 Å². The third-order valence-corrected chi connectivity index (χ3v) is 6.38. The number of carboxylic acid groups (broad SMARTS) is 2. The Labute approximate surface area is 213 Å². The minimum Gasteiger partial charge on any atom is -0.493 e. The van der Waals surface area contributed by atoms with Crippen LogP contribution in [-0.2, 0) is 16.6 Å². The van der Waals surface area contributed by atoms with E-state index in [1.807, 2.05) is 31.3 Å². The van der Waals surface area contributed by atoms with Gasteiger partial charge in [-0.3, -0.25) is 14.6 Å². The smallest absolute Gasteiger partial charge is 0.333 e. The van der Waals surface area contributed by atoms with E-state index in [-0.39, 0.29) is 23.6 Å². The lowest BCUT2D eigenvalue weighted by molar-refractivity contribution is -0.152. The summed E-state index contributed by atoms with van der Waals surface area (Å²) in [4.78, 5) is 36.3. The van der Waals surface area contributed by atoms with Gasteiger partial charge in [-0.25, -0.2) is 4.79 Å². The maximum absolute atomic E-state index is 11.8. The number of aliphatic carboxylic acids is 2. The van der Waals surface area contributed by atoms with Gasteiger partial charge in [-0.05, 0) is 49.9 Å². The SMILES string of the molecule is CCOc1cc2c(cc1OC)C(c1ccc(=O)n(C)c1)=N[C@@H]1CC[C@@H](O)C[C@H]21.O=C(O)CC(O)C(=O)O. The molecular weight excluding hydrogens is 484 g/mol. The summed E-state index contributed by atoms with van der Waals surface area (Å²) in [5, 5.41) is 34.4. The second-order valence-electron chi connectivity index (χ2n) is 8.96. The monoisotopic (exact) mass is 516 g/mol. The second-order valence-corrected chi connectivity index (χ2v) is 8.96. The molecule has 1 unspecified atom stereocenters. The minimum absolute atomic E-state index is 0.0525. The van der Waals surface area contributed by atoms with Gasteiger partial charge in [-0.15, -0.1) is 0 Å². The van der Waals surface area contributed by atoms with Crippen LogP contribution in [0.1, 0.15) is 55.2 Å². The Hall–Kier alpha value is -3.70. The number of pyridine rings is 1. The molecule has 1 aliphatic carbocycles. The Bertz CT molecular complexity index is 1240. The number of aliphatic imine (C=N–C) groups is 1. The Balaban J connectivity index is 0.000000364. The quantitative estimate of drug-likeness (QED) is 0.427. The molecule has 2 aromatic rings. The highest BCUT2D eigenvalue weighted by Gasteiger charge is 2.37. The van der Waals surface area contributed by atoms with E-state index >= 15 is 0 Å². The number of methoxy groups -OCH3 is 1. The highest BCUT2D eigenvalue weighted by atomic mass is 16.5. The molecule has 0 bridgehead atoms. The third kappa shape index (κ3) is 6.55. The van der Waals surface area contributed by atoms with Crippen LogP contribution in [0.15, 0.2) is 40.2 Å². The maximum Gasteiger partial charge on any atom is 0.333 e. The molecule has 11 nitrogen and oxygen atoms in total. The van der Waals surface area contributed by atoms with Gasteiger partial charge in [0.25, 0.3) is 0 Å². The predicted molar refractivity (Wildman–Crippen MR) is 134 cm³/mol. The summed E-state index contributed by atoms with van der Waals surface area (Å²) in [5.41, 5.74) is 3.83. The van der Waals surface area contributed by atoms with Crippen LogP contribution in [0.4, 0.5) is 0 Å². The molecule has 1 fully saturated rings. The van der Waals surface area contributed by atoms with Gasteiger partial charge < -0.3 is 34.5 Å². The normalized spacial score (nSPS) is 20.8. The third-order valence-electron chi connectivity index (χ3n) is 6.38. The molecule has 4 rings (SSSR count). The van der Waals surface area contributed by atoms with Crippen molar-refractivity contribution in [2.45, 2.75) is 56.8 Å². The van der Waals surface area contributed by atoms with Crippen molar-refractivity contribution in [2.24, 2.45) is 12.0 Å². The molecule has 11 heteroatoms. The van der Waals surface area contributed by atoms with Crippen LogP contribution < -0.4 is 15.0 Å². The van der Waals surface area contributed by atoms with E-state index in [2.05, 4.69) is 0 Å². The highest BCUT2D eigenvalue weighted by molar-refractivity contribution is 6.14. The zero-order valence-corrected chi connectivity index (χ0v) is 21.0. The number of aliphatic hydroxyl groups is 2. The first kappa shape index (κ1) is 27.9. The van der Waals surface area contributed by atoms with Crippen LogP contribution >= 0.6 is 0 Å². The van der Waals surface area contributed by atoms with Crippen LogP contribution in [0.3, 0.4) is 0 Å². The van der Waals surface area contributed by atoms with Gasteiger partial charge in [0, 0.05) is 36.4 Å². The molecule has 2 aliphatic rings. The number of carbonyl (C=O) groups is 2. The van der Waals surface area contributed by atoms with Crippen LogP contribution in [-0.4, -0.2) is 74.6 Å². The largest absolute Gasteiger partial charge is 0.493 e. The van der Waals surface area contributed by atoms with Crippen molar-refractivity contribution in [2.75, 3.05) is 13.7 Å². The second kappa shape index (κ2) is 12.0. The van der Waals surface area contributed by atoms with Gasteiger partial charge in [0.15, 0.2) is 17.6 Å². The van der Waals surface area contributed by atoms with Gasteiger partial charge >= 0.3 is 11.9 Å². The van der Waals surface area contributed by atoms with Gasteiger partial charge in [0.05, 0.1) is 38.0 Å². The van der Waals surface area contributed by atoms with Gasteiger partial charge in [0.1, 0.15) is 0 Å². The zero-order chi connectivity index (χ0) is 27.3. The molecular formula is C26H32N2O9. The average molecular weight is 517 g/mol. The van der Waals surface area contributed by atoms with Gasteiger partial charge in [-0.2, -0.15) is 0 Å². The van der Waals surface area contributed by atoms with Crippen LogP contribution in [0, 0.1) is 0 Å². The molecule has 200 valence electrons. The summed E-state index contributed by atoms with van der Waals surface area (Å²) in [6, 6.07) is 7.53. The van der Waals surface area contributed by atoms with Crippen molar-refractivity contribution in [1.82, 2.24) is 4.57 Å². The summed E-state index contributed by atoms with van der Waals surface area (Å²) < 4.78 is 12.9. The van der Waals surface area contributed by atoms with E-state index in [0.717, 1.165) is 35.2 Å². The Morgan fingerprint density at radius 2 is 1.92 bits per heavy atom. The highest BCUT2D eigenvalue weighted by Crippen LogP contribution is 2.44. The number of nitrogens with zero attached hydrogens (tertiary/aromatic N) is 2. The Morgan fingerprint density at radius 1 is 1.19 bits per heavy atom. The van der Waals surface area contributed by atoms with Crippen LogP contribution in [0.2, 0.25) is 0 Å². The summed E-state index contributed by atoms with van der Waals surface area (Å²) in [5.74, 6) is -1.32. The van der Waals surface area contributed by atoms with Crippen LogP contribution in [0.25, 0.3) is 0 Å². The topological polar surface area (TPSA) is 168 Å². The molecule has 1 aromatic heterocycles. The van der Waals surface area contributed by atoms with E-state index < -0.39 is 24.5 Å². The molecule has 4 N–H and O–H groups in total. The molecule has 1 saturated carbocycles. The van der Waals surface area contributed by atoms with Crippen molar-refractivity contribution in [3.63, 3.8) is 0 Å². The summed E-state index contributed by atoms with van der Waals surface area (Å²) in [7, 11) is 3.37. The number of hydrogen-bond donors (Lipinski definition) is 4. The first-order valence-corrected chi connectivity index (χ1v) is 12.0. The minimum atomic E-state index is -1.79. The standard InChI is InChI=1S/C22H26N2O4.C4H6O5/c1-4-28-20-10-15-16-9-14(25)6-7-18(16)23-22(17(15)11-19(20)27-3)13-5-8-21(26)24(2)12-13;5-2(4(8)9)1-3(6)7/h5,8,10-12,14,16,18,25H,4,6-7,9H2,1-3H3;2,5H,1H2,(H,6,7)(H,8,9)/t14-,16-,18-;/m1./s1. The number of rotatable bonds is 7. The lowest BCUT2D eigenvalue weighted by atomic mass is 9.74. The number of aromatic nitrogens is 1. The number of benzene rings is 1. The first-order valence-electron chi connectivity index (χ1n) is 12.0. The van der Waals surface area contributed by atoms with E-state index in [1.54, 1.807) is 24.8 Å². The fourth-order valence-electron chi connectivity index (χ4n) is 4.59. The van der Waals surface area contributed by atoms with Crippen molar-refractivity contribution in [3.05, 3.63) is 57.5 Å². The zero-order valence-electron chi connectivity index (χ0n) is 21.0. The fourth-order valence-corrected chi connectivity index (χ4v) is 4.59. The predicted octanol–water partition coefficient (Wildman–Crippen LogP) is 1.55. The van der Waals surface area contributed by atoms with E-state index in [1.165, 1.54) is 0 Å². The van der Waals surface area contributed by atoms with E-state index in [9.17, 15) is 19.5 Å². The number of carboxylic acids is 2. The molecule has 0 spiro atoms. The van der Waals surface area contributed by atoms with Crippen molar-refractivity contribution in [3.8, 4) is 11.5 Å². The summed E-state index contributed by atoms with van der Waals surface area (Å²) in [6.07, 6.45) is 1.27. The Kier molecular flexibility index (Phi) is 9.06. The summed E-state index contributed by atoms with van der Waals surface area (Å²) in [6.45, 7) is 2.50. The molecule has 1 aromatic carbocycles.